The molecule has 18 heavy (non-hydrogen) atoms. The van der Waals surface area contributed by atoms with Crippen LogP contribution in [0.5, 0.6) is 0 Å². The molecule has 0 bridgehead atoms. The van der Waals surface area contributed by atoms with Crippen molar-refractivity contribution in [2.75, 3.05) is 0 Å². The Kier molecular flexibility index (Phi) is 6.23. The van der Waals surface area contributed by atoms with E-state index in [0.717, 1.165) is 31.1 Å². The van der Waals surface area contributed by atoms with E-state index in [9.17, 15) is 4.79 Å². The van der Waals surface area contributed by atoms with Crippen molar-refractivity contribution in [1.82, 2.24) is 0 Å². The summed E-state index contributed by atoms with van der Waals surface area (Å²) in [6.07, 6.45) is 18.1. The molecule has 0 aromatic heterocycles. The van der Waals surface area contributed by atoms with Crippen LogP contribution < -0.4 is 0 Å². The van der Waals surface area contributed by atoms with Crippen molar-refractivity contribution in [3.63, 3.8) is 0 Å². The fraction of sp³-hybridized carbons (Fsp3) is 0.941. The zero-order chi connectivity index (χ0) is 12.6. The highest BCUT2D eigenvalue weighted by Crippen LogP contribution is 2.45. The van der Waals surface area contributed by atoms with Crippen molar-refractivity contribution in [3.05, 3.63) is 0 Å². The first-order chi connectivity index (χ1) is 8.86. The van der Waals surface area contributed by atoms with Gasteiger partial charge in [-0.2, -0.15) is 0 Å². The largest absolute Gasteiger partial charge is 0.300 e. The summed E-state index contributed by atoms with van der Waals surface area (Å²) in [5.41, 5.74) is 0. The van der Waals surface area contributed by atoms with E-state index in [1.807, 2.05) is 0 Å². The zero-order valence-electron chi connectivity index (χ0n) is 12.0. The van der Waals surface area contributed by atoms with Crippen LogP contribution in [-0.2, 0) is 4.79 Å². The van der Waals surface area contributed by atoms with Gasteiger partial charge in [-0.15, -0.1) is 0 Å². The molecule has 2 saturated carbocycles. The molecular formula is C17H30O. The van der Waals surface area contributed by atoms with E-state index in [2.05, 4.69) is 0 Å². The lowest BCUT2D eigenvalue weighted by molar-refractivity contribution is -0.119. The summed E-state index contributed by atoms with van der Waals surface area (Å²) in [5.74, 6) is 2.55. The second-order valence-corrected chi connectivity index (χ2v) is 6.55. The van der Waals surface area contributed by atoms with Gasteiger partial charge in [-0.25, -0.2) is 0 Å². The van der Waals surface area contributed by atoms with Gasteiger partial charge >= 0.3 is 0 Å². The first-order valence-corrected chi connectivity index (χ1v) is 8.38. The second-order valence-electron chi connectivity index (χ2n) is 6.55. The van der Waals surface area contributed by atoms with E-state index < -0.39 is 0 Å². The molecule has 2 atom stereocenters. The minimum Gasteiger partial charge on any atom is -0.300 e. The van der Waals surface area contributed by atoms with Crippen LogP contribution in [-0.4, -0.2) is 5.78 Å². The Hall–Kier alpha value is -0.330. The van der Waals surface area contributed by atoms with Crippen LogP contribution in [0.25, 0.3) is 0 Å². The summed E-state index contributed by atoms with van der Waals surface area (Å²) in [6.45, 7) is 0. The Balaban J connectivity index is 1.65. The third-order valence-corrected chi connectivity index (χ3v) is 4.88. The van der Waals surface area contributed by atoms with Crippen LogP contribution in [0.2, 0.25) is 0 Å². The molecule has 0 aliphatic heterocycles. The molecule has 2 fully saturated rings. The van der Waals surface area contributed by atoms with Crippen molar-refractivity contribution in [3.8, 4) is 0 Å². The molecule has 1 nitrogen and oxygen atoms in total. The molecule has 104 valence electrons. The number of hydrogen-bond acceptors (Lipinski definition) is 1. The fourth-order valence-electron chi connectivity index (χ4n) is 3.49. The first kappa shape index (κ1) is 14.1. The standard InChI is InChI=1S/C17H30O/c18-17-12-8-6-4-2-1-3-5-7-10-15-14-16(15)11-9-13-17/h15-16H,1-14H2. The van der Waals surface area contributed by atoms with E-state index >= 15 is 0 Å². The number of rotatable bonds is 0. The van der Waals surface area contributed by atoms with Gasteiger partial charge in [-0.3, -0.25) is 4.79 Å². The van der Waals surface area contributed by atoms with Crippen molar-refractivity contribution >= 4 is 5.78 Å². The van der Waals surface area contributed by atoms with E-state index in [1.54, 1.807) is 0 Å². The molecule has 2 aliphatic carbocycles. The summed E-state index contributed by atoms with van der Waals surface area (Å²) in [4.78, 5) is 11.7. The quantitative estimate of drug-likeness (QED) is 0.572. The van der Waals surface area contributed by atoms with Crippen LogP contribution in [0, 0.1) is 11.8 Å². The van der Waals surface area contributed by atoms with Gasteiger partial charge in [0.25, 0.3) is 0 Å². The minimum absolute atomic E-state index is 0.527. The van der Waals surface area contributed by atoms with Crippen molar-refractivity contribution in [1.29, 1.82) is 0 Å². The molecule has 0 aromatic rings. The molecule has 2 rings (SSSR count). The molecule has 0 spiro atoms. The number of fused-ring (bicyclic) bond motifs is 1. The molecule has 0 radical (unpaired) electrons. The van der Waals surface area contributed by atoms with Gasteiger partial charge in [0.15, 0.2) is 0 Å². The molecule has 0 aromatic carbocycles. The first-order valence-electron chi connectivity index (χ1n) is 8.38. The Morgan fingerprint density at radius 2 is 1.11 bits per heavy atom. The number of Topliss-reactive ketones (excluding diaryl/α,β-unsaturated/α-hetero) is 1. The summed E-state index contributed by atoms with van der Waals surface area (Å²) < 4.78 is 0. The van der Waals surface area contributed by atoms with Crippen molar-refractivity contribution in [2.45, 2.75) is 89.9 Å². The van der Waals surface area contributed by atoms with Gasteiger partial charge in [0.2, 0.25) is 0 Å². The third kappa shape index (κ3) is 5.54. The molecule has 1 heteroatoms. The third-order valence-electron chi connectivity index (χ3n) is 4.88. The fourth-order valence-corrected chi connectivity index (χ4v) is 3.49. The van der Waals surface area contributed by atoms with Crippen LogP contribution in [0.3, 0.4) is 0 Å². The summed E-state index contributed by atoms with van der Waals surface area (Å²) in [7, 11) is 0. The lowest BCUT2D eigenvalue weighted by atomic mass is 10.0. The van der Waals surface area contributed by atoms with Crippen LogP contribution >= 0.6 is 0 Å². The highest BCUT2D eigenvalue weighted by molar-refractivity contribution is 5.78. The van der Waals surface area contributed by atoms with Crippen molar-refractivity contribution in [2.24, 2.45) is 11.8 Å². The monoisotopic (exact) mass is 250 g/mol. The number of carbonyl (C=O) groups is 1. The van der Waals surface area contributed by atoms with Gasteiger partial charge in [0.1, 0.15) is 5.78 Å². The lowest BCUT2D eigenvalue weighted by Gasteiger charge is -2.05. The SMILES string of the molecule is O=C1CCCCCCCCCCC2CC2CCC1. The number of ketones is 1. The van der Waals surface area contributed by atoms with Gasteiger partial charge in [-0.05, 0) is 37.5 Å². The molecule has 2 unspecified atom stereocenters. The van der Waals surface area contributed by atoms with Gasteiger partial charge in [0, 0.05) is 12.8 Å². The highest BCUT2D eigenvalue weighted by atomic mass is 16.1. The van der Waals surface area contributed by atoms with Crippen LogP contribution in [0.4, 0.5) is 0 Å². The molecular weight excluding hydrogens is 220 g/mol. The van der Waals surface area contributed by atoms with Crippen LogP contribution in [0.1, 0.15) is 89.9 Å². The van der Waals surface area contributed by atoms with Gasteiger partial charge in [0.05, 0.1) is 0 Å². The maximum Gasteiger partial charge on any atom is 0.132 e. The topological polar surface area (TPSA) is 17.1 Å². The average molecular weight is 250 g/mol. The maximum absolute atomic E-state index is 11.7. The van der Waals surface area contributed by atoms with Gasteiger partial charge in [-0.1, -0.05) is 51.4 Å². The predicted molar refractivity (Wildman–Crippen MR) is 76.6 cm³/mol. The smallest absolute Gasteiger partial charge is 0.132 e. The molecule has 0 heterocycles. The van der Waals surface area contributed by atoms with E-state index in [-0.39, 0.29) is 0 Å². The lowest BCUT2D eigenvalue weighted by Crippen LogP contribution is -1.98. The molecule has 0 amide bonds. The molecule has 0 saturated heterocycles. The van der Waals surface area contributed by atoms with E-state index in [1.165, 1.54) is 70.6 Å². The number of carbonyl (C=O) groups excluding carboxylic acids is 1. The van der Waals surface area contributed by atoms with Crippen molar-refractivity contribution < 1.29 is 4.79 Å². The summed E-state index contributed by atoms with van der Waals surface area (Å²) in [6, 6.07) is 0. The van der Waals surface area contributed by atoms with Gasteiger partial charge < -0.3 is 0 Å². The van der Waals surface area contributed by atoms with E-state index in [4.69, 9.17) is 0 Å². The average Bonchev–Trinajstić information content (AvgIpc) is 3.09. The maximum atomic E-state index is 11.7. The summed E-state index contributed by atoms with van der Waals surface area (Å²) in [5, 5.41) is 0. The normalized spacial score (nSPS) is 32.8. The van der Waals surface area contributed by atoms with Crippen LogP contribution in [0.15, 0.2) is 0 Å². The zero-order valence-corrected chi connectivity index (χ0v) is 12.0. The number of hydrogen-bond donors (Lipinski definition) is 0. The Morgan fingerprint density at radius 1 is 0.611 bits per heavy atom. The van der Waals surface area contributed by atoms with E-state index in [0.29, 0.717) is 5.78 Å². The molecule has 2 aliphatic rings. The molecule has 0 N–H and O–H groups in total. The minimum atomic E-state index is 0.527. The Labute approximate surface area is 113 Å². The Bertz CT molecular complexity index is 246. The summed E-state index contributed by atoms with van der Waals surface area (Å²) >= 11 is 0. The predicted octanol–water partition coefficient (Wildman–Crippen LogP) is 5.28. The second kappa shape index (κ2) is 7.96. The Morgan fingerprint density at radius 3 is 1.83 bits per heavy atom. The highest BCUT2D eigenvalue weighted by Gasteiger charge is 2.35.